The van der Waals surface area contributed by atoms with E-state index in [9.17, 15) is 9.18 Å². The van der Waals surface area contributed by atoms with Gasteiger partial charge in [-0.1, -0.05) is 12.1 Å². The van der Waals surface area contributed by atoms with Gasteiger partial charge in [0.25, 0.3) is 0 Å². The highest BCUT2D eigenvalue weighted by atomic mass is 19.1. The van der Waals surface area contributed by atoms with Crippen LogP contribution in [-0.4, -0.2) is 43.6 Å². The van der Waals surface area contributed by atoms with Crippen molar-refractivity contribution in [2.75, 3.05) is 38.1 Å². The minimum Gasteiger partial charge on any atom is -0.493 e. The summed E-state index contributed by atoms with van der Waals surface area (Å²) in [6.07, 6.45) is 4.06. The second-order valence-electron chi connectivity index (χ2n) is 8.69. The Kier molecular flexibility index (Phi) is 7.54. The molecule has 2 N–H and O–H groups in total. The zero-order valence-corrected chi connectivity index (χ0v) is 18.0. The molecule has 0 saturated carbocycles. The summed E-state index contributed by atoms with van der Waals surface area (Å²) in [4.78, 5) is 14.9. The molecule has 2 fully saturated rings. The Balaban J connectivity index is 1.18. The first-order chi connectivity index (χ1) is 15.2. The van der Waals surface area contributed by atoms with E-state index in [2.05, 4.69) is 39.8 Å². The number of nitrogens with one attached hydrogen (secondary N) is 2. The van der Waals surface area contributed by atoms with Crippen LogP contribution in [-0.2, 0) is 11.3 Å². The van der Waals surface area contributed by atoms with Crippen LogP contribution in [0.15, 0.2) is 48.5 Å². The van der Waals surface area contributed by atoms with Crippen molar-refractivity contribution < 1.29 is 13.9 Å². The summed E-state index contributed by atoms with van der Waals surface area (Å²) < 4.78 is 19.0. The van der Waals surface area contributed by atoms with Gasteiger partial charge in [0.1, 0.15) is 11.6 Å². The van der Waals surface area contributed by atoms with E-state index in [1.54, 1.807) is 12.1 Å². The Bertz CT molecular complexity index is 827. The molecule has 0 radical (unpaired) electrons. The van der Waals surface area contributed by atoms with Crippen LogP contribution in [0.5, 0.6) is 5.75 Å². The fraction of sp³-hybridized carbons (Fsp3) is 0.480. The van der Waals surface area contributed by atoms with Crippen LogP contribution in [0.3, 0.4) is 0 Å². The number of hydrogen-bond acceptors (Lipinski definition) is 4. The summed E-state index contributed by atoms with van der Waals surface area (Å²) >= 11 is 0. The number of halogens is 1. The summed E-state index contributed by atoms with van der Waals surface area (Å²) in [7, 11) is 0. The number of hydrogen-bond donors (Lipinski definition) is 2. The maximum Gasteiger partial charge on any atom is 0.227 e. The van der Waals surface area contributed by atoms with Gasteiger partial charge in [-0.25, -0.2) is 4.39 Å². The number of likely N-dealkylation sites (tertiary alicyclic amines) is 1. The van der Waals surface area contributed by atoms with Gasteiger partial charge in [0.2, 0.25) is 5.91 Å². The van der Waals surface area contributed by atoms with Gasteiger partial charge in [-0.05, 0) is 99.7 Å². The summed E-state index contributed by atoms with van der Waals surface area (Å²) in [6.45, 7) is 5.68. The number of rotatable bonds is 7. The topological polar surface area (TPSA) is 53.6 Å². The normalized spacial score (nSPS) is 18.6. The lowest BCUT2D eigenvalue weighted by atomic mass is 9.95. The molecule has 1 amide bonds. The Morgan fingerprint density at radius 2 is 1.68 bits per heavy atom. The number of piperidine rings is 2. The molecule has 0 spiro atoms. The lowest BCUT2D eigenvalue weighted by Crippen LogP contribution is -2.37. The quantitative estimate of drug-likeness (QED) is 0.703. The van der Waals surface area contributed by atoms with E-state index in [0.29, 0.717) is 11.6 Å². The van der Waals surface area contributed by atoms with Crippen LogP contribution in [0, 0.1) is 17.7 Å². The van der Waals surface area contributed by atoms with Crippen molar-refractivity contribution in [3.63, 3.8) is 0 Å². The number of ether oxygens (including phenoxy) is 1. The lowest BCUT2D eigenvalue weighted by Gasteiger charge is -2.31. The summed E-state index contributed by atoms with van der Waals surface area (Å²) in [5.74, 6) is 1.34. The molecule has 166 valence electrons. The van der Waals surface area contributed by atoms with E-state index in [1.807, 2.05) is 0 Å². The number of anilines is 1. The van der Waals surface area contributed by atoms with E-state index >= 15 is 0 Å². The van der Waals surface area contributed by atoms with Crippen molar-refractivity contribution in [1.82, 2.24) is 10.2 Å². The highest BCUT2D eigenvalue weighted by molar-refractivity contribution is 5.92. The minimum atomic E-state index is -0.298. The number of carbonyl (C=O) groups excluding carboxylic acids is 1. The molecule has 0 aromatic heterocycles. The van der Waals surface area contributed by atoms with Crippen molar-refractivity contribution in [1.29, 1.82) is 0 Å². The van der Waals surface area contributed by atoms with Gasteiger partial charge in [0.05, 0.1) is 6.61 Å². The Hall–Kier alpha value is -2.44. The van der Waals surface area contributed by atoms with Crippen LogP contribution in [0.4, 0.5) is 10.1 Å². The van der Waals surface area contributed by atoms with E-state index < -0.39 is 0 Å². The average molecular weight is 426 g/mol. The first-order valence-electron chi connectivity index (χ1n) is 11.4. The Labute approximate surface area is 184 Å². The van der Waals surface area contributed by atoms with Gasteiger partial charge in [-0.3, -0.25) is 9.69 Å². The zero-order valence-electron chi connectivity index (χ0n) is 18.0. The van der Waals surface area contributed by atoms with Crippen molar-refractivity contribution in [3.05, 3.63) is 59.9 Å². The van der Waals surface area contributed by atoms with Crippen molar-refractivity contribution >= 4 is 11.6 Å². The third-order valence-electron chi connectivity index (χ3n) is 6.34. The fourth-order valence-electron chi connectivity index (χ4n) is 4.34. The molecule has 2 aromatic rings. The molecule has 2 aliphatic rings. The molecule has 31 heavy (non-hydrogen) atoms. The van der Waals surface area contributed by atoms with Crippen LogP contribution >= 0.6 is 0 Å². The standard InChI is InChI=1S/C25H32FN3O2/c26-22-3-5-23(6-4-22)28-25(30)21-11-15-29(16-12-21)17-19-1-7-24(8-2-19)31-18-20-9-13-27-14-10-20/h1-8,20-21,27H,9-18H2,(H,28,30). The van der Waals surface area contributed by atoms with Crippen molar-refractivity contribution in [2.45, 2.75) is 32.2 Å². The van der Waals surface area contributed by atoms with Crippen molar-refractivity contribution in [3.8, 4) is 5.75 Å². The molecule has 0 atom stereocenters. The molecule has 2 heterocycles. The SMILES string of the molecule is O=C(Nc1ccc(F)cc1)C1CCN(Cc2ccc(OCC3CCNCC3)cc2)CC1. The van der Waals surface area contributed by atoms with Crippen LogP contribution in [0.1, 0.15) is 31.2 Å². The number of nitrogens with zero attached hydrogens (tertiary/aromatic N) is 1. The van der Waals surface area contributed by atoms with Gasteiger partial charge in [0, 0.05) is 18.2 Å². The number of benzene rings is 2. The van der Waals surface area contributed by atoms with Crippen molar-refractivity contribution in [2.24, 2.45) is 11.8 Å². The van der Waals surface area contributed by atoms with Gasteiger partial charge in [-0.2, -0.15) is 0 Å². The molecular weight excluding hydrogens is 393 g/mol. The van der Waals surface area contributed by atoms with Crippen LogP contribution < -0.4 is 15.4 Å². The maximum atomic E-state index is 13.0. The Morgan fingerprint density at radius 1 is 1.00 bits per heavy atom. The van der Waals surface area contributed by atoms with Gasteiger partial charge in [-0.15, -0.1) is 0 Å². The molecule has 4 rings (SSSR count). The van der Waals surface area contributed by atoms with E-state index in [4.69, 9.17) is 4.74 Å². The smallest absolute Gasteiger partial charge is 0.227 e. The first-order valence-corrected chi connectivity index (χ1v) is 11.4. The zero-order chi connectivity index (χ0) is 21.5. The fourth-order valence-corrected chi connectivity index (χ4v) is 4.34. The molecule has 0 aliphatic carbocycles. The molecular formula is C25H32FN3O2. The predicted octanol–water partition coefficient (Wildman–Crippen LogP) is 4.05. The first kappa shape index (κ1) is 21.8. The molecule has 6 heteroatoms. The van der Waals surface area contributed by atoms with E-state index in [1.165, 1.54) is 30.5 Å². The van der Waals surface area contributed by atoms with Crippen LogP contribution in [0.25, 0.3) is 0 Å². The highest BCUT2D eigenvalue weighted by Crippen LogP contribution is 2.22. The molecule has 2 aliphatic heterocycles. The highest BCUT2D eigenvalue weighted by Gasteiger charge is 2.25. The third kappa shape index (κ3) is 6.52. The summed E-state index contributed by atoms with van der Waals surface area (Å²) in [5.41, 5.74) is 1.92. The Morgan fingerprint density at radius 3 is 2.35 bits per heavy atom. The molecule has 2 saturated heterocycles. The molecule has 0 bridgehead atoms. The van der Waals surface area contributed by atoms with Crippen LogP contribution in [0.2, 0.25) is 0 Å². The largest absolute Gasteiger partial charge is 0.493 e. The number of carbonyl (C=O) groups is 1. The van der Waals surface area contributed by atoms with Gasteiger partial charge < -0.3 is 15.4 Å². The summed E-state index contributed by atoms with van der Waals surface area (Å²) in [6, 6.07) is 14.4. The second kappa shape index (κ2) is 10.7. The van der Waals surface area contributed by atoms with Gasteiger partial charge in [0.15, 0.2) is 0 Å². The summed E-state index contributed by atoms with van der Waals surface area (Å²) in [5, 5.41) is 6.29. The lowest BCUT2D eigenvalue weighted by molar-refractivity contribution is -0.121. The number of amides is 1. The molecule has 2 aromatic carbocycles. The average Bonchev–Trinajstić information content (AvgIpc) is 2.81. The predicted molar refractivity (Wildman–Crippen MR) is 121 cm³/mol. The minimum absolute atomic E-state index is 0.00654. The second-order valence-corrected chi connectivity index (χ2v) is 8.69. The maximum absolute atomic E-state index is 13.0. The molecule has 5 nitrogen and oxygen atoms in total. The van der Waals surface area contributed by atoms with Gasteiger partial charge >= 0.3 is 0 Å². The third-order valence-corrected chi connectivity index (χ3v) is 6.34. The molecule has 0 unspecified atom stereocenters. The van der Waals surface area contributed by atoms with E-state index in [0.717, 1.165) is 57.9 Å². The van der Waals surface area contributed by atoms with E-state index in [-0.39, 0.29) is 17.6 Å². The monoisotopic (exact) mass is 425 g/mol.